The van der Waals surface area contributed by atoms with Gasteiger partial charge in [-0.2, -0.15) is 0 Å². The molecule has 1 fully saturated rings. The fraction of sp³-hybridized carbons (Fsp3) is 0.300. The number of carbonyl (C=O) groups is 1. The molecule has 1 aromatic carbocycles. The monoisotopic (exact) mass is 309 g/mol. The van der Waals surface area contributed by atoms with E-state index in [0.29, 0.717) is 23.1 Å². The lowest BCUT2D eigenvalue weighted by molar-refractivity contribution is 0.115. The topological polar surface area (TPSA) is 38.3 Å². The highest BCUT2D eigenvalue weighted by Gasteiger charge is 2.23. The number of benzene rings is 1. The highest BCUT2D eigenvalue weighted by Crippen LogP contribution is 2.27. The Morgan fingerprint density at radius 1 is 1.50 bits per heavy atom. The number of hydrogen-bond acceptors (Lipinski definition) is 2. The van der Waals surface area contributed by atoms with Crippen LogP contribution in [0.2, 0.25) is 0 Å². The van der Waals surface area contributed by atoms with E-state index in [1.165, 1.54) is 0 Å². The molecule has 1 heterocycles. The number of ether oxygens (including phenoxy) is 1. The Balaban J connectivity index is 0.00000128. The first kappa shape index (κ1) is 13.3. The van der Waals surface area contributed by atoms with Crippen molar-refractivity contribution in [3.63, 3.8) is 0 Å². The molecule has 6 heteroatoms. The van der Waals surface area contributed by atoms with Gasteiger partial charge in [0.1, 0.15) is 5.82 Å². The Morgan fingerprint density at radius 3 is 2.94 bits per heavy atom. The van der Waals surface area contributed by atoms with Gasteiger partial charge in [-0.15, -0.1) is 12.4 Å². The van der Waals surface area contributed by atoms with E-state index >= 15 is 0 Å². The third kappa shape index (κ3) is 2.65. The van der Waals surface area contributed by atoms with Crippen LogP contribution in [0, 0.1) is 5.82 Å². The lowest BCUT2D eigenvalue weighted by Crippen LogP contribution is -2.35. The second-order valence-corrected chi connectivity index (χ2v) is 4.12. The van der Waals surface area contributed by atoms with Gasteiger partial charge in [0.25, 0.3) is 0 Å². The number of hydrogen-bond donors (Lipinski definition) is 1. The fourth-order valence-corrected chi connectivity index (χ4v) is 1.93. The van der Waals surface area contributed by atoms with Crippen molar-refractivity contribution < 1.29 is 13.9 Å². The maximum atomic E-state index is 13.7. The van der Waals surface area contributed by atoms with Crippen molar-refractivity contribution in [2.75, 3.05) is 6.61 Å². The number of rotatable bonds is 1. The third-order valence-corrected chi connectivity index (χ3v) is 2.90. The first-order valence-corrected chi connectivity index (χ1v) is 5.35. The van der Waals surface area contributed by atoms with Crippen molar-refractivity contribution in [2.45, 2.75) is 12.5 Å². The maximum absolute atomic E-state index is 13.7. The normalized spacial score (nSPS) is 19.4. The summed E-state index contributed by atoms with van der Waals surface area (Å²) < 4.78 is 18.8. The van der Waals surface area contributed by atoms with Gasteiger partial charge in [-0.25, -0.2) is 9.18 Å². The Kier molecular flexibility index (Phi) is 4.56. The van der Waals surface area contributed by atoms with E-state index in [1.807, 2.05) is 0 Å². The summed E-state index contributed by atoms with van der Waals surface area (Å²) in [5, 5.41) is 2.58. The minimum absolute atomic E-state index is 0. The molecule has 1 aliphatic rings. The zero-order valence-corrected chi connectivity index (χ0v) is 10.6. The van der Waals surface area contributed by atoms with Crippen LogP contribution in [-0.4, -0.2) is 12.7 Å². The van der Waals surface area contributed by atoms with Gasteiger partial charge in [-0.05, 0) is 22.0 Å². The van der Waals surface area contributed by atoms with Crippen LogP contribution in [0.1, 0.15) is 18.0 Å². The van der Waals surface area contributed by atoms with Crippen molar-refractivity contribution in [1.82, 2.24) is 5.32 Å². The quantitative estimate of drug-likeness (QED) is 0.865. The summed E-state index contributed by atoms with van der Waals surface area (Å²) in [7, 11) is 0. The van der Waals surface area contributed by atoms with Gasteiger partial charge in [0.2, 0.25) is 0 Å². The van der Waals surface area contributed by atoms with Gasteiger partial charge in [-0.3, -0.25) is 0 Å². The number of cyclic esters (lactones) is 1. The van der Waals surface area contributed by atoms with E-state index in [9.17, 15) is 9.18 Å². The van der Waals surface area contributed by atoms with Crippen LogP contribution in [0.5, 0.6) is 0 Å². The molecule has 0 spiro atoms. The lowest BCUT2D eigenvalue weighted by atomic mass is 10.0. The molecule has 3 nitrogen and oxygen atoms in total. The Bertz CT molecular complexity index is 402. The molecule has 2 rings (SSSR count). The molecule has 0 aliphatic carbocycles. The van der Waals surface area contributed by atoms with Crippen molar-refractivity contribution >= 4 is 34.4 Å². The smallest absolute Gasteiger partial charge is 0.407 e. The first-order chi connectivity index (χ1) is 7.18. The summed E-state index contributed by atoms with van der Waals surface area (Å²) in [6.45, 7) is 0.322. The first-order valence-electron chi connectivity index (χ1n) is 4.55. The average Bonchev–Trinajstić information content (AvgIpc) is 2.22. The van der Waals surface area contributed by atoms with E-state index in [1.54, 1.807) is 18.2 Å². The zero-order chi connectivity index (χ0) is 10.8. The molecule has 1 aromatic rings. The van der Waals surface area contributed by atoms with Crippen LogP contribution in [0.4, 0.5) is 9.18 Å². The van der Waals surface area contributed by atoms with Gasteiger partial charge < -0.3 is 10.1 Å². The number of nitrogens with one attached hydrogen (secondary N) is 1. The second-order valence-electron chi connectivity index (χ2n) is 3.26. The number of carbonyl (C=O) groups excluding carboxylic acids is 1. The maximum Gasteiger partial charge on any atom is 0.407 e. The van der Waals surface area contributed by atoms with Crippen molar-refractivity contribution in [3.8, 4) is 0 Å². The van der Waals surface area contributed by atoms with Crippen LogP contribution < -0.4 is 5.32 Å². The van der Waals surface area contributed by atoms with Gasteiger partial charge in [0, 0.05) is 12.0 Å². The minimum Gasteiger partial charge on any atom is -0.449 e. The molecule has 88 valence electrons. The van der Waals surface area contributed by atoms with Crippen molar-refractivity contribution in [3.05, 3.63) is 34.1 Å². The summed E-state index contributed by atoms with van der Waals surface area (Å²) >= 11 is 3.11. The average molecular weight is 311 g/mol. The van der Waals surface area contributed by atoms with E-state index in [0.717, 1.165) is 0 Å². The highest BCUT2D eigenvalue weighted by molar-refractivity contribution is 9.10. The number of halogens is 3. The molecule has 0 unspecified atom stereocenters. The fourth-order valence-electron chi connectivity index (χ4n) is 1.55. The predicted octanol–water partition coefficient (Wildman–Crippen LogP) is 3.18. The molecule has 1 N–H and O–H groups in total. The van der Waals surface area contributed by atoms with Crippen LogP contribution in [0.3, 0.4) is 0 Å². The standard InChI is InChI=1S/C10H9BrFNO2.ClH/c11-7-3-1-2-6(9(7)12)8-4-5-15-10(14)13-8;/h1-3,8H,4-5H2,(H,13,14);1H/t8-;/m0./s1. The molecule has 1 amide bonds. The minimum atomic E-state index is -0.495. The van der Waals surface area contributed by atoms with Gasteiger partial charge >= 0.3 is 6.09 Å². The van der Waals surface area contributed by atoms with Crippen molar-refractivity contribution in [2.24, 2.45) is 0 Å². The Labute approximate surface area is 107 Å². The molecule has 1 aliphatic heterocycles. The Hall–Kier alpha value is -0.810. The molecular weight excluding hydrogens is 300 g/mol. The molecule has 0 aromatic heterocycles. The summed E-state index contributed by atoms with van der Waals surface area (Å²) in [5.74, 6) is -0.329. The summed E-state index contributed by atoms with van der Waals surface area (Å²) in [6.07, 6.45) is 0.0877. The largest absolute Gasteiger partial charge is 0.449 e. The van der Waals surface area contributed by atoms with E-state index in [4.69, 9.17) is 4.74 Å². The lowest BCUT2D eigenvalue weighted by Gasteiger charge is -2.24. The van der Waals surface area contributed by atoms with Crippen LogP contribution in [0.15, 0.2) is 22.7 Å². The molecule has 1 atom stereocenters. The summed E-state index contributed by atoms with van der Waals surface area (Å²) in [5.41, 5.74) is 0.487. The van der Waals surface area contributed by atoms with Crippen LogP contribution in [0.25, 0.3) is 0 Å². The SMILES string of the molecule is Cl.O=C1N[C@H](c2cccc(Br)c2F)CCO1. The van der Waals surface area contributed by atoms with Crippen LogP contribution in [-0.2, 0) is 4.74 Å². The number of amides is 1. The summed E-state index contributed by atoms with van der Waals surface area (Å²) in [6, 6.07) is 4.73. The number of alkyl carbamates (subject to hydrolysis) is 1. The van der Waals surface area contributed by atoms with Gasteiger partial charge in [0.15, 0.2) is 0 Å². The van der Waals surface area contributed by atoms with Crippen LogP contribution >= 0.6 is 28.3 Å². The second kappa shape index (κ2) is 5.50. The van der Waals surface area contributed by atoms with E-state index in [2.05, 4.69) is 21.2 Å². The summed E-state index contributed by atoms with van der Waals surface area (Å²) in [4.78, 5) is 11.0. The van der Waals surface area contributed by atoms with Crippen molar-refractivity contribution in [1.29, 1.82) is 0 Å². The third-order valence-electron chi connectivity index (χ3n) is 2.29. The van der Waals surface area contributed by atoms with Gasteiger partial charge in [-0.1, -0.05) is 12.1 Å². The van der Waals surface area contributed by atoms with Gasteiger partial charge in [0.05, 0.1) is 17.1 Å². The molecule has 16 heavy (non-hydrogen) atoms. The molecule has 0 bridgehead atoms. The molecular formula is C10H10BrClFNO2. The van der Waals surface area contributed by atoms with E-state index < -0.39 is 6.09 Å². The molecule has 0 radical (unpaired) electrons. The molecule has 0 saturated carbocycles. The molecule has 1 saturated heterocycles. The highest BCUT2D eigenvalue weighted by atomic mass is 79.9. The predicted molar refractivity (Wildman–Crippen MR) is 63.2 cm³/mol. The zero-order valence-electron chi connectivity index (χ0n) is 8.20. The Morgan fingerprint density at radius 2 is 2.25 bits per heavy atom. The van der Waals surface area contributed by atoms with E-state index in [-0.39, 0.29) is 24.3 Å².